The van der Waals surface area contributed by atoms with Gasteiger partial charge < -0.3 is 10.1 Å². The number of hydrogen-bond donors (Lipinski definition) is 1. The van der Waals surface area contributed by atoms with Crippen molar-refractivity contribution in [3.8, 4) is 0 Å². The van der Waals surface area contributed by atoms with Crippen molar-refractivity contribution in [1.29, 1.82) is 0 Å². The second-order valence-electron chi connectivity index (χ2n) is 4.18. The number of rotatable bonds is 7. The molecule has 0 aliphatic carbocycles. The van der Waals surface area contributed by atoms with Gasteiger partial charge in [0.1, 0.15) is 5.60 Å². The molecular formula is C10H18ClNO3S2. The fourth-order valence-corrected chi connectivity index (χ4v) is 2.85. The minimum absolute atomic E-state index is 0.315. The molecule has 0 aromatic rings. The molecule has 0 bridgehead atoms. The van der Waals surface area contributed by atoms with Crippen LogP contribution in [0.4, 0.5) is 4.79 Å². The van der Waals surface area contributed by atoms with Crippen molar-refractivity contribution in [1.82, 2.24) is 5.32 Å². The lowest BCUT2D eigenvalue weighted by atomic mass is 10.2. The summed E-state index contributed by atoms with van der Waals surface area (Å²) < 4.78 is 5.07. The summed E-state index contributed by atoms with van der Waals surface area (Å²) in [6, 6.07) is 0. The Labute approximate surface area is 115 Å². The molecule has 0 fully saturated rings. The summed E-state index contributed by atoms with van der Waals surface area (Å²) in [5.41, 5.74) is -0.466. The first-order valence-corrected chi connectivity index (χ1v) is 8.07. The predicted molar refractivity (Wildman–Crippen MR) is 74.6 cm³/mol. The van der Waals surface area contributed by atoms with E-state index in [1.54, 1.807) is 21.6 Å². The largest absolute Gasteiger partial charge is 0.444 e. The minimum atomic E-state index is -0.466. The number of hydrogen-bond acceptors (Lipinski definition) is 5. The fourth-order valence-electron chi connectivity index (χ4n) is 0.749. The molecule has 0 spiro atoms. The summed E-state index contributed by atoms with van der Waals surface area (Å²) in [7, 11) is 3.16. The Morgan fingerprint density at radius 3 is 2.35 bits per heavy atom. The van der Waals surface area contributed by atoms with Gasteiger partial charge in [-0.1, -0.05) is 21.6 Å². The first-order chi connectivity index (χ1) is 7.81. The van der Waals surface area contributed by atoms with Gasteiger partial charge in [-0.15, -0.1) is 0 Å². The van der Waals surface area contributed by atoms with Crippen LogP contribution in [0.1, 0.15) is 27.2 Å². The maximum absolute atomic E-state index is 11.2. The van der Waals surface area contributed by atoms with E-state index in [2.05, 4.69) is 5.32 Å². The van der Waals surface area contributed by atoms with Crippen LogP contribution in [0.3, 0.4) is 0 Å². The third kappa shape index (κ3) is 13.9. The third-order valence-corrected chi connectivity index (χ3v) is 3.92. The van der Waals surface area contributed by atoms with Gasteiger partial charge in [0.2, 0.25) is 5.24 Å². The van der Waals surface area contributed by atoms with Crippen LogP contribution < -0.4 is 5.32 Å². The lowest BCUT2D eigenvalue weighted by molar-refractivity contribution is -0.111. The van der Waals surface area contributed by atoms with Gasteiger partial charge in [0.15, 0.2) is 0 Å². The lowest BCUT2D eigenvalue weighted by Crippen LogP contribution is -2.33. The van der Waals surface area contributed by atoms with Gasteiger partial charge >= 0.3 is 6.09 Å². The van der Waals surface area contributed by atoms with Crippen LogP contribution in [0.5, 0.6) is 0 Å². The van der Waals surface area contributed by atoms with Crippen LogP contribution in [0.2, 0.25) is 0 Å². The van der Waals surface area contributed by atoms with Crippen molar-refractivity contribution in [3.63, 3.8) is 0 Å². The molecule has 7 heteroatoms. The molecule has 0 saturated carbocycles. The first-order valence-electron chi connectivity index (χ1n) is 5.21. The second kappa shape index (κ2) is 8.94. The maximum atomic E-state index is 11.2. The van der Waals surface area contributed by atoms with Gasteiger partial charge in [-0.05, 0) is 32.4 Å². The SMILES string of the molecule is CC(C)(C)OC(=O)NCCSSCCC(=O)Cl. The summed E-state index contributed by atoms with van der Waals surface area (Å²) >= 11 is 5.19. The Morgan fingerprint density at radius 2 is 1.82 bits per heavy atom. The van der Waals surface area contributed by atoms with Crippen LogP contribution in [-0.2, 0) is 9.53 Å². The van der Waals surface area contributed by atoms with Gasteiger partial charge in [0.05, 0.1) is 0 Å². The zero-order chi connectivity index (χ0) is 13.3. The highest BCUT2D eigenvalue weighted by molar-refractivity contribution is 8.76. The van der Waals surface area contributed by atoms with Crippen molar-refractivity contribution in [2.24, 2.45) is 0 Å². The van der Waals surface area contributed by atoms with Crippen molar-refractivity contribution in [2.75, 3.05) is 18.1 Å². The summed E-state index contributed by atoms with van der Waals surface area (Å²) in [5, 5.41) is 2.34. The van der Waals surface area contributed by atoms with E-state index in [-0.39, 0.29) is 5.24 Å². The highest BCUT2D eigenvalue weighted by Gasteiger charge is 2.15. The van der Waals surface area contributed by atoms with Gasteiger partial charge in [-0.3, -0.25) is 4.79 Å². The average Bonchev–Trinajstić information content (AvgIpc) is 2.12. The molecule has 0 aliphatic rings. The van der Waals surface area contributed by atoms with Crippen LogP contribution >= 0.6 is 33.2 Å². The van der Waals surface area contributed by atoms with E-state index in [1.807, 2.05) is 20.8 Å². The standard InChI is InChI=1S/C10H18ClNO3S2/c1-10(2,3)15-9(14)12-5-7-17-16-6-4-8(11)13/h4-7H2,1-3H3,(H,12,14). The molecule has 1 amide bonds. The Bertz CT molecular complexity index is 256. The smallest absolute Gasteiger partial charge is 0.407 e. The summed E-state index contributed by atoms with van der Waals surface area (Å²) in [6.45, 7) is 6.00. The quantitative estimate of drug-likeness (QED) is 0.445. The molecule has 0 atom stereocenters. The van der Waals surface area contributed by atoms with Gasteiger partial charge in [0, 0.05) is 24.5 Å². The van der Waals surface area contributed by atoms with Gasteiger partial charge in [-0.2, -0.15) is 0 Å². The molecule has 0 aromatic carbocycles. The summed E-state index contributed by atoms with van der Waals surface area (Å²) in [6.07, 6.45) is -0.0299. The number of carbonyl (C=O) groups is 2. The van der Waals surface area contributed by atoms with E-state index >= 15 is 0 Å². The number of amides is 1. The molecule has 0 saturated heterocycles. The molecule has 0 radical (unpaired) electrons. The van der Waals surface area contributed by atoms with Crippen LogP contribution in [-0.4, -0.2) is 35.0 Å². The Hall–Kier alpha value is -0.0700. The molecule has 0 rings (SSSR count). The number of carbonyl (C=O) groups excluding carboxylic acids is 2. The molecule has 100 valence electrons. The fraction of sp³-hybridized carbons (Fsp3) is 0.800. The maximum Gasteiger partial charge on any atom is 0.407 e. The van der Waals surface area contributed by atoms with E-state index in [1.165, 1.54) is 0 Å². The highest BCUT2D eigenvalue weighted by Crippen LogP contribution is 2.21. The van der Waals surface area contributed by atoms with E-state index < -0.39 is 11.7 Å². The van der Waals surface area contributed by atoms with Crippen molar-refractivity contribution >= 4 is 44.5 Å². The average molecular weight is 300 g/mol. The van der Waals surface area contributed by atoms with Gasteiger partial charge in [-0.25, -0.2) is 4.79 Å². The number of nitrogens with one attached hydrogen (secondary N) is 1. The molecule has 1 N–H and O–H groups in total. The third-order valence-electron chi connectivity index (χ3n) is 1.32. The topological polar surface area (TPSA) is 55.4 Å². The summed E-state index contributed by atoms with van der Waals surface area (Å²) in [5.74, 6) is 1.46. The van der Waals surface area contributed by atoms with Gasteiger partial charge in [0.25, 0.3) is 0 Å². The minimum Gasteiger partial charge on any atom is -0.444 e. The van der Waals surface area contributed by atoms with Crippen molar-refractivity contribution in [3.05, 3.63) is 0 Å². The molecule has 0 aliphatic heterocycles. The molecule has 0 aromatic heterocycles. The molecule has 0 unspecified atom stereocenters. The predicted octanol–water partition coefficient (Wildman–Crippen LogP) is 3.05. The Morgan fingerprint density at radius 1 is 1.24 bits per heavy atom. The molecule has 0 heterocycles. The Balaban J connectivity index is 3.34. The number of ether oxygens (including phenoxy) is 1. The molecular weight excluding hydrogens is 282 g/mol. The monoisotopic (exact) mass is 299 g/mol. The number of halogens is 1. The first kappa shape index (κ1) is 16.9. The summed E-state index contributed by atoms with van der Waals surface area (Å²) in [4.78, 5) is 21.6. The second-order valence-corrected chi connectivity index (χ2v) is 7.30. The zero-order valence-corrected chi connectivity index (χ0v) is 12.6. The van der Waals surface area contributed by atoms with E-state index in [4.69, 9.17) is 16.3 Å². The van der Waals surface area contributed by atoms with Crippen LogP contribution in [0.15, 0.2) is 0 Å². The lowest BCUT2D eigenvalue weighted by Gasteiger charge is -2.19. The highest BCUT2D eigenvalue weighted by atomic mass is 35.5. The van der Waals surface area contributed by atoms with E-state index in [0.29, 0.717) is 18.7 Å². The van der Waals surface area contributed by atoms with Crippen LogP contribution in [0.25, 0.3) is 0 Å². The van der Waals surface area contributed by atoms with Crippen molar-refractivity contribution < 1.29 is 14.3 Å². The number of alkyl carbamates (subject to hydrolysis) is 1. The van der Waals surface area contributed by atoms with E-state index in [0.717, 1.165) is 5.75 Å². The van der Waals surface area contributed by atoms with E-state index in [9.17, 15) is 9.59 Å². The van der Waals surface area contributed by atoms with Crippen molar-refractivity contribution in [2.45, 2.75) is 32.8 Å². The molecule has 4 nitrogen and oxygen atoms in total. The molecule has 17 heavy (non-hydrogen) atoms. The normalized spacial score (nSPS) is 11.1. The van der Waals surface area contributed by atoms with Crippen LogP contribution in [0, 0.1) is 0 Å². The zero-order valence-electron chi connectivity index (χ0n) is 10.2. The Kier molecular flexibility index (Phi) is 8.90.